The maximum atomic E-state index is 13.0. The van der Waals surface area contributed by atoms with Crippen LogP contribution in [0.25, 0.3) is 10.4 Å². The Balaban J connectivity index is 0.000000682. The van der Waals surface area contributed by atoms with E-state index in [0.29, 0.717) is 29.0 Å². The van der Waals surface area contributed by atoms with Crippen molar-refractivity contribution in [1.82, 2.24) is 21.3 Å². The third-order valence-corrected chi connectivity index (χ3v) is 10.0. The standard InChI is InChI=1S/C24H28N6O5.C24H30N4O5.2H2S/c1-15(31)18-10-6-7-11-22(18)35-14-21(29-30-26)19(12-17-8-4-3-5-9-17)28-24(34)20(13-23(25)33)27-16(2)32;1-15(29)18-10-6-7-11-22(18)33-14-19(25)20(12-17-8-4-3-5-9-17)28-24(32)21(13-23(26)31)27-16(2)30;;/h3-11,19-21H,12-14H2,1-2H3,(H2,25,33)(H,27,32)(H,28,34);3-11,19-21H,12-14,25H2,1-2H3,(H2,26,31)(H,27,30)(H,28,32);2*1H2/t19-,20-,21+;19-,20+,21+;;/m01../s1. The van der Waals surface area contributed by atoms with Crippen LogP contribution in [0.2, 0.25) is 0 Å². The summed E-state index contributed by atoms with van der Waals surface area (Å²) in [6.07, 6.45) is -0.106. The van der Waals surface area contributed by atoms with Gasteiger partial charge in [0, 0.05) is 24.8 Å². The van der Waals surface area contributed by atoms with Gasteiger partial charge in [-0.15, -0.1) is 0 Å². The molecule has 0 aliphatic rings. The molecule has 6 amide bonds. The molecule has 0 radical (unpaired) electrons. The number of carbonyl (C=O) groups excluding carboxylic acids is 8. The molecule has 0 saturated heterocycles. The van der Waals surface area contributed by atoms with Crippen molar-refractivity contribution in [2.24, 2.45) is 22.3 Å². The van der Waals surface area contributed by atoms with Gasteiger partial charge in [-0.05, 0) is 67.6 Å². The molecule has 0 saturated carbocycles. The number of benzene rings is 4. The van der Waals surface area contributed by atoms with E-state index in [0.717, 1.165) is 11.1 Å². The lowest BCUT2D eigenvalue weighted by molar-refractivity contribution is -0.131. The van der Waals surface area contributed by atoms with Gasteiger partial charge in [0.2, 0.25) is 35.4 Å². The minimum absolute atomic E-state index is 0. The highest BCUT2D eigenvalue weighted by Crippen LogP contribution is 2.21. The second kappa shape index (κ2) is 31.6. The van der Waals surface area contributed by atoms with Crippen molar-refractivity contribution in [2.45, 2.75) is 89.6 Å². The van der Waals surface area contributed by atoms with E-state index in [2.05, 4.69) is 31.3 Å². The van der Waals surface area contributed by atoms with Crippen LogP contribution in [0.1, 0.15) is 72.4 Å². The van der Waals surface area contributed by atoms with Crippen LogP contribution < -0.4 is 47.9 Å². The van der Waals surface area contributed by atoms with Gasteiger partial charge in [0.15, 0.2) is 11.6 Å². The summed E-state index contributed by atoms with van der Waals surface area (Å²) in [7, 11) is 0. The fourth-order valence-corrected chi connectivity index (χ4v) is 6.75. The number of hydrogen-bond acceptors (Lipinski definition) is 12. The monoisotopic (exact) mass is 1000 g/mol. The van der Waals surface area contributed by atoms with Crippen molar-refractivity contribution in [3.63, 3.8) is 0 Å². The summed E-state index contributed by atoms with van der Waals surface area (Å²) in [6.45, 7) is 5.18. The molecule has 6 atom stereocenters. The lowest BCUT2D eigenvalue weighted by atomic mass is 9.99. The lowest BCUT2D eigenvalue weighted by Gasteiger charge is -2.28. The van der Waals surface area contributed by atoms with Crippen molar-refractivity contribution >= 4 is 74.0 Å². The molecule has 0 fully saturated rings. The van der Waals surface area contributed by atoms with Crippen LogP contribution in [0.5, 0.6) is 11.5 Å². The van der Waals surface area contributed by atoms with Gasteiger partial charge in [-0.2, -0.15) is 27.0 Å². The van der Waals surface area contributed by atoms with E-state index < -0.39 is 78.1 Å². The van der Waals surface area contributed by atoms with Crippen molar-refractivity contribution in [2.75, 3.05) is 13.2 Å². The highest BCUT2D eigenvalue weighted by atomic mass is 32.1. The van der Waals surface area contributed by atoms with E-state index >= 15 is 0 Å². The van der Waals surface area contributed by atoms with Gasteiger partial charge in [-0.3, -0.25) is 38.4 Å². The van der Waals surface area contributed by atoms with E-state index in [9.17, 15) is 43.9 Å². The van der Waals surface area contributed by atoms with E-state index in [1.807, 2.05) is 60.7 Å². The number of nitrogens with one attached hydrogen (secondary N) is 4. The number of para-hydroxylation sites is 2. The zero-order chi connectivity index (χ0) is 50.2. The normalized spacial score (nSPS) is 12.7. The van der Waals surface area contributed by atoms with Crippen LogP contribution in [0.4, 0.5) is 0 Å². The number of hydrogen-bond donors (Lipinski definition) is 7. The average Bonchev–Trinajstić information content (AvgIpc) is 3.29. The number of azide groups is 1. The molecule has 0 aliphatic heterocycles. The van der Waals surface area contributed by atoms with Gasteiger partial charge >= 0.3 is 0 Å². The Bertz CT molecular complexity index is 2400. The number of nitrogens with two attached hydrogens (primary N) is 3. The molecule has 70 heavy (non-hydrogen) atoms. The summed E-state index contributed by atoms with van der Waals surface area (Å²) in [6, 6.07) is 26.8. The molecule has 0 spiro atoms. The summed E-state index contributed by atoms with van der Waals surface area (Å²) < 4.78 is 11.6. The largest absolute Gasteiger partial charge is 0.492 e. The molecule has 0 heterocycles. The Morgan fingerprint density at radius 3 is 1.31 bits per heavy atom. The zero-order valence-electron chi connectivity index (χ0n) is 39.3. The SMILES string of the molecule is CC(=O)N[C@@H](CC(N)=O)C(=O)N[C@@H](Cc1ccccc1)[C@@H](COc1ccccc1C(C)=O)N=[N+]=[N-].CC(=O)N[C@@H](CC(N)=O)C(=O)N[C@@H](Cc1ccccc1)[C@H](N)COc1ccccc1C(C)=O.S.S. The smallest absolute Gasteiger partial charge is 0.243 e. The molecule has 22 heteroatoms. The number of rotatable bonds is 25. The Morgan fingerprint density at radius 2 is 0.929 bits per heavy atom. The summed E-state index contributed by atoms with van der Waals surface area (Å²) in [5.41, 5.74) is 28.6. The number of nitrogens with zero attached hydrogens (tertiary/aromatic N) is 3. The van der Waals surface area contributed by atoms with Crippen LogP contribution in [-0.4, -0.2) is 96.5 Å². The predicted octanol–water partition coefficient (Wildman–Crippen LogP) is 2.98. The van der Waals surface area contributed by atoms with E-state index in [-0.39, 0.29) is 64.6 Å². The number of primary amides is 2. The van der Waals surface area contributed by atoms with Crippen molar-refractivity contribution < 1.29 is 47.8 Å². The topological polar surface area (TPSA) is 330 Å². The molecule has 4 aromatic rings. The molecule has 376 valence electrons. The Labute approximate surface area is 420 Å². The van der Waals surface area contributed by atoms with Gasteiger partial charge in [0.1, 0.15) is 30.2 Å². The lowest BCUT2D eigenvalue weighted by Crippen LogP contribution is -2.57. The van der Waals surface area contributed by atoms with Gasteiger partial charge < -0.3 is 47.9 Å². The summed E-state index contributed by atoms with van der Waals surface area (Å²) in [5.74, 6) is -3.34. The molecule has 4 aromatic carbocycles. The molecule has 0 aromatic heterocycles. The van der Waals surface area contributed by atoms with E-state index in [1.54, 1.807) is 48.5 Å². The number of ether oxygens (including phenoxy) is 2. The molecule has 4 rings (SSSR count). The van der Waals surface area contributed by atoms with Crippen molar-refractivity contribution in [1.29, 1.82) is 0 Å². The second-order valence-corrected chi connectivity index (χ2v) is 15.6. The average molecular weight is 1000 g/mol. The minimum atomic E-state index is -1.20. The number of carbonyl (C=O) groups is 8. The summed E-state index contributed by atoms with van der Waals surface area (Å²) in [4.78, 5) is 98.3. The fourth-order valence-electron chi connectivity index (χ4n) is 6.75. The summed E-state index contributed by atoms with van der Waals surface area (Å²) in [5, 5.41) is 14.2. The Kier molecular flexibility index (Phi) is 27.4. The molecule has 0 unspecified atom stereocenters. The quantitative estimate of drug-likeness (QED) is 0.0219. The molecule has 10 N–H and O–H groups in total. The first-order valence-corrected chi connectivity index (χ1v) is 21.4. The highest BCUT2D eigenvalue weighted by Gasteiger charge is 2.30. The maximum absolute atomic E-state index is 13.0. The minimum Gasteiger partial charge on any atom is -0.492 e. The Hall–Kier alpha value is -7.39. The number of Topliss-reactive ketones (excluding diaryl/α,β-unsaturated/α-hetero) is 2. The van der Waals surface area contributed by atoms with Gasteiger partial charge in [0.05, 0.1) is 48.7 Å². The predicted molar refractivity (Wildman–Crippen MR) is 273 cm³/mol. The first-order valence-electron chi connectivity index (χ1n) is 21.4. The number of ketones is 2. The molecule has 20 nitrogen and oxygen atoms in total. The molecule has 0 bridgehead atoms. The van der Waals surface area contributed by atoms with Crippen LogP contribution in [0.15, 0.2) is 114 Å². The van der Waals surface area contributed by atoms with Crippen LogP contribution in [0.3, 0.4) is 0 Å². The van der Waals surface area contributed by atoms with Crippen LogP contribution in [0, 0.1) is 0 Å². The maximum Gasteiger partial charge on any atom is 0.243 e. The van der Waals surface area contributed by atoms with Gasteiger partial charge in [-0.25, -0.2) is 0 Å². The van der Waals surface area contributed by atoms with Gasteiger partial charge in [-0.1, -0.05) is 90.0 Å². The summed E-state index contributed by atoms with van der Waals surface area (Å²) >= 11 is 0. The fraction of sp³-hybridized carbons (Fsp3) is 0.333. The third kappa shape index (κ3) is 21.7. The molecular weight excluding hydrogens is 941 g/mol. The molecular formula is C48H62N10O10S2. The second-order valence-electron chi connectivity index (χ2n) is 15.6. The van der Waals surface area contributed by atoms with E-state index in [1.165, 1.54) is 27.7 Å². The zero-order valence-corrected chi connectivity index (χ0v) is 41.3. The van der Waals surface area contributed by atoms with Gasteiger partial charge in [0.25, 0.3) is 0 Å². The molecule has 0 aliphatic carbocycles. The Morgan fingerprint density at radius 1 is 0.557 bits per heavy atom. The van der Waals surface area contributed by atoms with Crippen molar-refractivity contribution in [3.8, 4) is 11.5 Å². The highest BCUT2D eigenvalue weighted by molar-refractivity contribution is 7.59. The number of amides is 6. The first-order chi connectivity index (χ1) is 32.4. The van der Waals surface area contributed by atoms with Crippen molar-refractivity contribution in [3.05, 3.63) is 142 Å². The third-order valence-electron chi connectivity index (χ3n) is 10.0. The first kappa shape index (κ1) is 60.6. The van der Waals surface area contributed by atoms with E-state index in [4.69, 9.17) is 26.7 Å². The van der Waals surface area contributed by atoms with Crippen LogP contribution in [-0.2, 0) is 41.6 Å². The van der Waals surface area contributed by atoms with Crippen LogP contribution >= 0.6 is 27.0 Å².